The van der Waals surface area contributed by atoms with Crippen molar-refractivity contribution >= 4 is 103 Å². The Labute approximate surface area is 172 Å². The topological polar surface area (TPSA) is 191 Å². The average molecular weight is 332 g/mol. The molecule has 15 heteroatoms. The van der Waals surface area contributed by atoms with Gasteiger partial charge in [0, 0.05) is 18.3 Å². The Hall–Kier alpha value is 2.53. The summed E-state index contributed by atoms with van der Waals surface area (Å²) in [4.78, 5) is 34.1. The van der Waals surface area contributed by atoms with Gasteiger partial charge in [-0.25, -0.2) is 0 Å². The summed E-state index contributed by atoms with van der Waals surface area (Å²) in [5.74, 6) is 0. The molecule has 0 unspecified atom stereocenters. The van der Waals surface area contributed by atoms with Crippen LogP contribution < -0.4 is 48.7 Å². The third kappa shape index (κ3) is 545. The standard InChI is InChI=1S/2Ca.Na.2O3Si.O2Si.H2O/c;;;2*1-4(2)3;1-3-2;/h;;;;;;1H2/q2*+2;+1;2*-2;;/p-1. The predicted octanol–water partition coefficient (Wildman–Crippen LogP) is -10.3. The van der Waals surface area contributed by atoms with Crippen LogP contribution in [-0.2, 0) is 17.8 Å². The van der Waals surface area contributed by atoms with Crippen molar-refractivity contribution in [1.29, 1.82) is 0 Å². The predicted molar refractivity (Wildman–Crippen MR) is 33.5 cm³/mol. The fourth-order valence-corrected chi connectivity index (χ4v) is 0. The van der Waals surface area contributed by atoms with E-state index in [9.17, 15) is 0 Å². The van der Waals surface area contributed by atoms with Crippen molar-refractivity contribution in [2.24, 2.45) is 0 Å². The first-order valence-electron chi connectivity index (χ1n) is 1.63. The molecule has 0 aliphatic rings. The van der Waals surface area contributed by atoms with Gasteiger partial charge in [0.25, 0.3) is 0 Å². The molecule has 0 amide bonds. The van der Waals surface area contributed by atoms with Crippen molar-refractivity contribution in [3.05, 3.63) is 0 Å². The van der Waals surface area contributed by atoms with E-state index in [2.05, 4.69) is 0 Å². The summed E-state index contributed by atoms with van der Waals surface area (Å²) >= 11 is 0. The molecule has 0 atom stereocenters. The molecule has 0 bridgehead atoms. The van der Waals surface area contributed by atoms with Crippen LogP contribution in [-0.4, -0.2) is 109 Å². The molecule has 0 aromatic carbocycles. The van der Waals surface area contributed by atoms with Crippen LogP contribution in [0.5, 0.6) is 0 Å². The van der Waals surface area contributed by atoms with E-state index in [0.717, 1.165) is 0 Å². The fraction of sp³-hybridized carbons (Fsp3) is 0. The van der Waals surface area contributed by atoms with Gasteiger partial charge in [0.05, 0.1) is 0 Å². The van der Waals surface area contributed by atoms with Crippen molar-refractivity contribution in [2.45, 2.75) is 0 Å². The largest absolute Gasteiger partial charge is 2.00 e. The molecule has 0 heterocycles. The molecule has 0 radical (unpaired) electrons. The van der Waals surface area contributed by atoms with E-state index in [0.29, 0.717) is 0 Å². The molecule has 0 fully saturated rings. The van der Waals surface area contributed by atoms with E-state index in [1.165, 1.54) is 0 Å². The third-order valence-corrected chi connectivity index (χ3v) is 0. The molecular weight excluding hydrogens is 331 g/mol. The second-order valence-electron chi connectivity index (χ2n) is 0.583. The number of hydrogen-bond acceptors (Lipinski definition) is 9. The van der Waals surface area contributed by atoms with Crippen LogP contribution in [0.4, 0.5) is 0 Å². The minimum Gasteiger partial charge on any atom is -0.870 e. The molecule has 1 N–H and O–H groups in total. The molecule has 0 saturated heterocycles. The second-order valence-corrected chi connectivity index (χ2v) is 1.75. The van der Waals surface area contributed by atoms with Gasteiger partial charge in [-0.05, 0) is 0 Å². The summed E-state index contributed by atoms with van der Waals surface area (Å²) in [6.07, 6.45) is 0. The van der Waals surface area contributed by atoms with Crippen molar-refractivity contribution in [3.63, 3.8) is 0 Å². The zero-order valence-electron chi connectivity index (χ0n) is 7.63. The van der Waals surface area contributed by atoms with Crippen LogP contribution in [0.2, 0.25) is 0 Å². The molecule has 72 valence electrons. The molecule has 9 nitrogen and oxygen atoms in total. The number of hydrogen-bond donors (Lipinski definition) is 0. The minimum atomic E-state index is -3.63. The Bertz CT molecular complexity index is 135. The van der Waals surface area contributed by atoms with E-state index in [4.69, 9.17) is 37.0 Å². The Kier molecular flexibility index (Phi) is 126. The third-order valence-electron chi connectivity index (χ3n) is 0. The quantitative estimate of drug-likeness (QED) is 0.387. The Balaban J connectivity index is -0.0000000114. The van der Waals surface area contributed by atoms with Crippen LogP contribution >= 0.6 is 0 Å². The Morgan fingerprint density at radius 2 is 0.800 bits per heavy atom. The molecule has 0 aromatic rings. The van der Waals surface area contributed by atoms with Gasteiger partial charge in [0.1, 0.15) is 0 Å². The Morgan fingerprint density at radius 1 is 0.800 bits per heavy atom. The zero-order valence-corrected chi connectivity index (χ0v) is 17.0. The van der Waals surface area contributed by atoms with E-state index < -0.39 is 27.6 Å². The van der Waals surface area contributed by atoms with Crippen molar-refractivity contribution in [2.75, 3.05) is 0 Å². The summed E-state index contributed by atoms with van der Waals surface area (Å²) in [7, 11) is -8.68. The summed E-state index contributed by atoms with van der Waals surface area (Å²) in [6, 6.07) is 0. The zero-order chi connectivity index (χ0) is 9.86. The first kappa shape index (κ1) is 43.2. The van der Waals surface area contributed by atoms with Crippen molar-refractivity contribution in [1.82, 2.24) is 0 Å². The average Bonchev–Trinajstić information content (AvgIpc) is 1.60. The van der Waals surface area contributed by atoms with Crippen LogP contribution in [0.3, 0.4) is 0 Å². The van der Waals surface area contributed by atoms with E-state index in [1.807, 2.05) is 0 Å². The molecule has 0 spiro atoms. The van der Waals surface area contributed by atoms with Gasteiger partial charge in [-0.2, -0.15) is 0 Å². The van der Waals surface area contributed by atoms with E-state index in [1.54, 1.807) is 0 Å². The van der Waals surface area contributed by atoms with Gasteiger partial charge in [-0.1, -0.05) is 0 Å². The number of rotatable bonds is 0. The van der Waals surface area contributed by atoms with E-state index in [-0.39, 0.29) is 111 Å². The van der Waals surface area contributed by atoms with Gasteiger partial charge in [0.15, 0.2) is 0 Å². The Morgan fingerprint density at radius 3 is 0.800 bits per heavy atom. The normalized spacial score (nSPS) is 3.73. The van der Waals surface area contributed by atoms with Gasteiger partial charge < -0.3 is 33.6 Å². The van der Waals surface area contributed by atoms with Gasteiger partial charge in [0.2, 0.25) is 0 Å². The molecule has 0 saturated carbocycles. The van der Waals surface area contributed by atoms with Gasteiger partial charge in [-0.15, -0.1) is 0 Å². The summed E-state index contributed by atoms with van der Waals surface area (Å²) < 4.78 is 33.8. The SMILES string of the molecule is O=[Si]([O-])[O-].O=[Si]([O-])[O-].O=[Si]=O.[Ca+2].[Ca+2].[Na+].[OH-]. The van der Waals surface area contributed by atoms with Gasteiger partial charge in [-0.3, -0.25) is 8.92 Å². The van der Waals surface area contributed by atoms with Gasteiger partial charge >= 0.3 is 114 Å². The smallest absolute Gasteiger partial charge is 0.870 e. The van der Waals surface area contributed by atoms with Crippen LogP contribution in [0, 0.1) is 0 Å². The molecule has 0 aromatic heterocycles. The second kappa shape index (κ2) is 43.9. The van der Waals surface area contributed by atoms with Crippen LogP contribution in [0.15, 0.2) is 0 Å². The maximum Gasteiger partial charge on any atom is 2.00 e. The summed E-state index contributed by atoms with van der Waals surface area (Å²) in [5, 5.41) is 0. The fourth-order valence-electron chi connectivity index (χ4n) is 0. The van der Waals surface area contributed by atoms with Crippen molar-refractivity contribution in [3.8, 4) is 0 Å². The molecule has 0 aliphatic heterocycles. The van der Waals surface area contributed by atoms with Crippen LogP contribution in [0.25, 0.3) is 0 Å². The maximum absolute atomic E-state index is 8.52. The molecular formula is HCa2NaO9Si3. The first-order valence-corrected chi connectivity index (χ1v) is 4.90. The van der Waals surface area contributed by atoms with Crippen molar-refractivity contribution < 1.29 is 72.1 Å². The first-order chi connectivity index (χ1) is 4.88. The van der Waals surface area contributed by atoms with Crippen LogP contribution in [0.1, 0.15) is 0 Å². The molecule has 0 rings (SSSR count). The summed E-state index contributed by atoms with van der Waals surface area (Å²) in [6.45, 7) is 0. The minimum absolute atomic E-state index is 0. The molecule has 15 heavy (non-hydrogen) atoms. The monoisotopic (exact) mass is 332 g/mol. The summed E-state index contributed by atoms with van der Waals surface area (Å²) in [5.41, 5.74) is 0. The molecule has 0 aliphatic carbocycles. The maximum atomic E-state index is 8.52. The van der Waals surface area contributed by atoms with E-state index >= 15 is 0 Å².